The molecule has 2 amide bonds. The van der Waals surface area contributed by atoms with Gasteiger partial charge in [0.05, 0.1) is 0 Å². The summed E-state index contributed by atoms with van der Waals surface area (Å²) in [5.41, 5.74) is 1.44. The van der Waals surface area contributed by atoms with E-state index in [4.69, 9.17) is 0 Å². The lowest BCUT2D eigenvalue weighted by Gasteiger charge is -2.22. The molecule has 0 radical (unpaired) electrons. The van der Waals surface area contributed by atoms with Gasteiger partial charge in [-0.05, 0) is 37.1 Å². The Hall–Kier alpha value is -1.53. The first kappa shape index (κ1) is 16.3. The highest BCUT2D eigenvalue weighted by molar-refractivity contribution is 7.99. The van der Waals surface area contributed by atoms with Crippen LogP contribution >= 0.6 is 11.8 Å². The maximum atomic E-state index is 12.3. The lowest BCUT2D eigenvalue weighted by Crippen LogP contribution is -2.39. The normalized spacial score (nSPS) is 21.2. The summed E-state index contributed by atoms with van der Waals surface area (Å²) in [6.07, 6.45) is 2.67. The van der Waals surface area contributed by atoms with Crippen LogP contribution in [-0.4, -0.2) is 53.9 Å². The fourth-order valence-corrected chi connectivity index (χ4v) is 3.93. The summed E-state index contributed by atoms with van der Waals surface area (Å²) in [6, 6.07) is 7.47. The van der Waals surface area contributed by atoms with Crippen LogP contribution in [0.5, 0.6) is 0 Å². The first-order chi connectivity index (χ1) is 11.2. The van der Waals surface area contributed by atoms with Crippen molar-refractivity contribution in [1.82, 2.24) is 10.2 Å². The number of anilines is 1. The van der Waals surface area contributed by atoms with Crippen molar-refractivity contribution in [2.75, 3.05) is 36.5 Å². The molecule has 2 fully saturated rings. The average Bonchev–Trinajstić information content (AvgIpc) is 3.10. The number of amides is 2. The number of likely N-dealkylation sites (tertiary alicyclic amines) is 1. The van der Waals surface area contributed by atoms with Gasteiger partial charge in [-0.2, -0.15) is 11.8 Å². The van der Waals surface area contributed by atoms with Crippen LogP contribution in [0.15, 0.2) is 24.3 Å². The van der Waals surface area contributed by atoms with Crippen molar-refractivity contribution in [3.8, 4) is 0 Å². The third kappa shape index (κ3) is 4.48. The summed E-state index contributed by atoms with van der Waals surface area (Å²) >= 11 is 1.88. The van der Waals surface area contributed by atoms with Gasteiger partial charge < -0.3 is 15.5 Å². The van der Waals surface area contributed by atoms with E-state index in [1.54, 1.807) is 12.1 Å². The molecule has 0 spiro atoms. The van der Waals surface area contributed by atoms with Gasteiger partial charge in [0.2, 0.25) is 5.91 Å². The Morgan fingerprint density at radius 1 is 1.22 bits per heavy atom. The van der Waals surface area contributed by atoms with Gasteiger partial charge in [0.15, 0.2) is 0 Å². The van der Waals surface area contributed by atoms with E-state index in [2.05, 4.69) is 10.6 Å². The molecule has 6 heteroatoms. The van der Waals surface area contributed by atoms with Crippen LogP contribution in [0.2, 0.25) is 0 Å². The molecule has 1 unspecified atom stereocenters. The number of hydrogen-bond acceptors (Lipinski definition) is 4. The number of rotatable bonds is 4. The van der Waals surface area contributed by atoms with E-state index in [0.29, 0.717) is 12.0 Å². The molecule has 1 atom stereocenters. The lowest BCUT2D eigenvalue weighted by atomic mass is 10.1. The fourth-order valence-electron chi connectivity index (χ4n) is 2.99. The number of hydrogen-bond donors (Lipinski definition) is 2. The largest absolute Gasteiger partial charge is 0.339 e. The molecule has 0 aliphatic carbocycles. The predicted octanol–water partition coefficient (Wildman–Crippen LogP) is 1.96. The Bertz CT molecular complexity index is 549. The molecule has 1 aromatic carbocycles. The van der Waals surface area contributed by atoms with E-state index >= 15 is 0 Å². The summed E-state index contributed by atoms with van der Waals surface area (Å²) in [5.74, 6) is 2.20. The molecule has 2 saturated heterocycles. The molecule has 0 saturated carbocycles. The smallest absolute Gasteiger partial charge is 0.253 e. The molecule has 5 nitrogen and oxygen atoms in total. The molecule has 3 rings (SSSR count). The first-order valence-corrected chi connectivity index (χ1v) is 9.38. The van der Waals surface area contributed by atoms with Gasteiger partial charge in [-0.25, -0.2) is 0 Å². The fraction of sp³-hybridized carbons (Fsp3) is 0.529. The second kappa shape index (κ2) is 7.84. The highest BCUT2D eigenvalue weighted by atomic mass is 32.2. The van der Waals surface area contributed by atoms with Crippen LogP contribution in [0.4, 0.5) is 5.69 Å². The number of thioether (sulfide) groups is 1. The molecule has 1 aromatic rings. The molecular weight excluding hydrogens is 310 g/mol. The van der Waals surface area contributed by atoms with Crippen molar-refractivity contribution in [3.63, 3.8) is 0 Å². The molecule has 2 heterocycles. The second-order valence-electron chi connectivity index (χ2n) is 6.05. The minimum atomic E-state index is 0.0172. The Kier molecular flexibility index (Phi) is 5.56. The molecule has 124 valence electrons. The van der Waals surface area contributed by atoms with Gasteiger partial charge in [0.1, 0.15) is 0 Å². The molecule has 2 aliphatic rings. The number of carbonyl (C=O) groups is 2. The van der Waals surface area contributed by atoms with Crippen LogP contribution in [0.3, 0.4) is 0 Å². The highest BCUT2D eigenvalue weighted by Crippen LogP contribution is 2.16. The Balaban J connectivity index is 1.52. The van der Waals surface area contributed by atoms with E-state index < -0.39 is 0 Å². The Labute approximate surface area is 141 Å². The van der Waals surface area contributed by atoms with Crippen molar-refractivity contribution >= 4 is 29.3 Å². The maximum absolute atomic E-state index is 12.3. The third-order valence-corrected chi connectivity index (χ3v) is 5.37. The number of nitrogens with zero attached hydrogens (tertiary/aromatic N) is 1. The van der Waals surface area contributed by atoms with Gasteiger partial charge in [0, 0.05) is 54.9 Å². The Morgan fingerprint density at radius 3 is 2.61 bits per heavy atom. The summed E-state index contributed by atoms with van der Waals surface area (Å²) in [7, 11) is 0. The first-order valence-electron chi connectivity index (χ1n) is 8.23. The zero-order valence-electron chi connectivity index (χ0n) is 13.2. The van der Waals surface area contributed by atoms with Crippen molar-refractivity contribution in [2.24, 2.45) is 0 Å². The van der Waals surface area contributed by atoms with Crippen molar-refractivity contribution in [2.45, 2.75) is 25.3 Å². The topological polar surface area (TPSA) is 61.4 Å². The van der Waals surface area contributed by atoms with E-state index in [-0.39, 0.29) is 17.9 Å². The monoisotopic (exact) mass is 333 g/mol. The molecule has 2 aliphatic heterocycles. The summed E-state index contributed by atoms with van der Waals surface area (Å²) in [4.78, 5) is 26.2. The highest BCUT2D eigenvalue weighted by Gasteiger charge is 2.20. The van der Waals surface area contributed by atoms with E-state index in [9.17, 15) is 9.59 Å². The molecule has 2 N–H and O–H groups in total. The zero-order valence-corrected chi connectivity index (χ0v) is 14.0. The maximum Gasteiger partial charge on any atom is 0.253 e. The molecular formula is C17H23N3O2S. The van der Waals surface area contributed by atoms with Crippen LogP contribution in [0.1, 0.15) is 29.6 Å². The predicted molar refractivity (Wildman–Crippen MR) is 93.9 cm³/mol. The third-order valence-electron chi connectivity index (χ3n) is 4.24. The van der Waals surface area contributed by atoms with Gasteiger partial charge >= 0.3 is 0 Å². The average molecular weight is 333 g/mol. The van der Waals surface area contributed by atoms with E-state index in [0.717, 1.165) is 49.7 Å². The quantitative estimate of drug-likeness (QED) is 0.884. The summed E-state index contributed by atoms with van der Waals surface area (Å²) in [6.45, 7) is 2.67. The summed E-state index contributed by atoms with van der Waals surface area (Å²) < 4.78 is 0. The number of carbonyl (C=O) groups excluding carboxylic acids is 2. The number of nitrogens with one attached hydrogen (secondary N) is 2. The SMILES string of the molecule is O=C(CC1CSCCN1)Nc1ccc(C(=O)N2CCCC2)cc1. The standard InChI is InChI=1S/C17H23N3O2S/c21-16(11-15-12-23-10-7-18-15)19-14-5-3-13(4-6-14)17(22)20-8-1-2-9-20/h3-6,15,18H,1-2,7-12H2,(H,19,21). The van der Waals surface area contributed by atoms with Gasteiger partial charge in [0.25, 0.3) is 5.91 Å². The van der Waals surface area contributed by atoms with E-state index in [1.807, 2.05) is 28.8 Å². The number of benzene rings is 1. The second-order valence-corrected chi connectivity index (χ2v) is 7.20. The van der Waals surface area contributed by atoms with Crippen LogP contribution in [0.25, 0.3) is 0 Å². The minimum absolute atomic E-state index is 0.0172. The van der Waals surface area contributed by atoms with Crippen molar-refractivity contribution < 1.29 is 9.59 Å². The van der Waals surface area contributed by atoms with Gasteiger partial charge in [-0.3, -0.25) is 9.59 Å². The molecule has 23 heavy (non-hydrogen) atoms. The van der Waals surface area contributed by atoms with E-state index in [1.165, 1.54) is 0 Å². The zero-order chi connectivity index (χ0) is 16.1. The van der Waals surface area contributed by atoms with Crippen LogP contribution in [-0.2, 0) is 4.79 Å². The lowest BCUT2D eigenvalue weighted by molar-refractivity contribution is -0.116. The minimum Gasteiger partial charge on any atom is -0.339 e. The van der Waals surface area contributed by atoms with Crippen molar-refractivity contribution in [1.29, 1.82) is 0 Å². The summed E-state index contributed by atoms with van der Waals surface area (Å²) in [5, 5.41) is 6.27. The molecule has 0 aromatic heterocycles. The molecule has 0 bridgehead atoms. The van der Waals surface area contributed by atoms with Gasteiger partial charge in [-0.1, -0.05) is 0 Å². The van der Waals surface area contributed by atoms with Crippen molar-refractivity contribution in [3.05, 3.63) is 29.8 Å². The van der Waals surface area contributed by atoms with Crippen LogP contribution in [0, 0.1) is 0 Å². The Morgan fingerprint density at radius 2 is 1.96 bits per heavy atom. The van der Waals surface area contributed by atoms with Crippen LogP contribution < -0.4 is 10.6 Å². The van der Waals surface area contributed by atoms with Gasteiger partial charge in [-0.15, -0.1) is 0 Å².